The Hall–Kier alpha value is -2.38. The summed E-state index contributed by atoms with van der Waals surface area (Å²) in [6.07, 6.45) is 3.16. The smallest absolute Gasteiger partial charge is 0.326 e. The number of aliphatic carboxylic acids is 1. The summed E-state index contributed by atoms with van der Waals surface area (Å²) in [5.41, 5.74) is 0.619. The molecule has 1 fully saturated rings. The molecule has 8 heteroatoms. The van der Waals surface area contributed by atoms with Crippen molar-refractivity contribution < 1.29 is 19.5 Å². The van der Waals surface area contributed by atoms with Gasteiger partial charge in [0, 0.05) is 31.3 Å². The number of carbonyl (C=O) groups is 3. The Morgan fingerprint density at radius 3 is 2.89 bits per heavy atom. The van der Waals surface area contributed by atoms with Gasteiger partial charge in [-0.3, -0.25) is 9.59 Å². The van der Waals surface area contributed by atoms with Crippen LogP contribution in [0.4, 0.5) is 0 Å². The highest BCUT2D eigenvalue weighted by atomic mass is 16.4. The van der Waals surface area contributed by atoms with Crippen LogP contribution in [0.25, 0.3) is 0 Å². The van der Waals surface area contributed by atoms with Gasteiger partial charge in [-0.25, -0.2) is 9.78 Å². The van der Waals surface area contributed by atoms with Gasteiger partial charge in [0.05, 0.1) is 12.2 Å². The summed E-state index contributed by atoms with van der Waals surface area (Å²) in [7, 11) is 0. The van der Waals surface area contributed by atoms with Crippen molar-refractivity contribution in [2.75, 3.05) is 6.54 Å². The average molecular weight is 266 g/mol. The summed E-state index contributed by atoms with van der Waals surface area (Å²) >= 11 is 0. The lowest BCUT2D eigenvalue weighted by Gasteiger charge is -2.15. The van der Waals surface area contributed by atoms with Crippen molar-refractivity contribution in [1.29, 1.82) is 0 Å². The fraction of sp³-hybridized carbons (Fsp3) is 0.455. The molecule has 1 unspecified atom stereocenters. The van der Waals surface area contributed by atoms with E-state index in [1.807, 2.05) is 0 Å². The molecule has 102 valence electrons. The third-order valence-electron chi connectivity index (χ3n) is 2.94. The number of hydrogen-bond donors (Lipinski definition) is 4. The number of imidazole rings is 1. The number of nitrogens with zero attached hydrogens (tertiary/aromatic N) is 1. The van der Waals surface area contributed by atoms with E-state index in [1.54, 1.807) is 0 Å². The number of amides is 2. The molecule has 1 aliphatic heterocycles. The lowest BCUT2D eigenvalue weighted by atomic mass is 10.1. The molecule has 0 aliphatic carbocycles. The van der Waals surface area contributed by atoms with Crippen molar-refractivity contribution in [3.8, 4) is 0 Å². The van der Waals surface area contributed by atoms with E-state index in [0.29, 0.717) is 5.69 Å². The number of carbonyl (C=O) groups excluding carboxylic acids is 2. The lowest BCUT2D eigenvalue weighted by molar-refractivity contribution is -0.142. The van der Waals surface area contributed by atoms with Gasteiger partial charge in [0.2, 0.25) is 11.8 Å². The number of rotatable bonds is 5. The molecule has 4 N–H and O–H groups in total. The van der Waals surface area contributed by atoms with Crippen LogP contribution in [0.2, 0.25) is 0 Å². The van der Waals surface area contributed by atoms with Crippen LogP contribution in [0, 0.1) is 5.92 Å². The highest BCUT2D eigenvalue weighted by Gasteiger charge is 2.31. The Kier molecular flexibility index (Phi) is 3.79. The zero-order chi connectivity index (χ0) is 13.8. The molecule has 0 spiro atoms. The van der Waals surface area contributed by atoms with Gasteiger partial charge < -0.3 is 20.7 Å². The number of carboxylic acid groups (broad SMARTS) is 1. The minimum Gasteiger partial charge on any atom is -0.480 e. The third kappa shape index (κ3) is 3.30. The summed E-state index contributed by atoms with van der Waals surface area (Å²) < 4.78 is 0. The molecule has 2 atom stereocenters. The molecule has 2 amide bonds. The van der Waals surface area contributed by atoms with E-state index >= 15 is 0 Å². The zero-order valence-corrected chi connectivity index (χ0v) is 10.0. The molecule has 0 saturated carbocycles. The molecule has 1 aromatic heterocycles. The van der Waals surface area contributed by atoms with Crippen LogP contribution in [-0.2, 0) is 20.8 Å². The summed E-state index contributed by atoms with van der Waals surface area (Å²) in [6, 6.07) is -1.04. The number of aromatic nitrogens is 2. The van der Waals surface area contributed by atoms with Gasteiger partial charge in [-0.1, -0.05) is 0 Å². The summed E-state index contributed by atoms with van der Waals surface area (Å²) in [5.74, 6) is -2.25. The Bertz CT molecular complexity index is 485. The molecule has 1 saturated heterocycles. The van der Waals surface area contributed by atoms with E-state index in [1.165, 1.54) is 12.5 Å². The minimum atomic E-state index is -1.12. The molecular formula is C11H14N4O4. The van der Waals surface area contributed by atoms with E-state index in [-0.39, 0.29) is 25.3 Å². The normalized spacial score (nSPS) is 19.8. The number of H-pyrrole nitrogens is 1. The second-order valence-electron chi connectivity index (χ2n) is 4.39. The second-order valence-corrected chi connectivity index (χ2v) is 4.39. The van der Waals surface area contributed by atoms with Crippen LogP contribution in [0.15, 0.2) is 12.5 Å². The van der Waals surface area contributed by atoms with E-state index in [2.05, 4.69) is 20.6 Å². The lowest BCUT2D eigenvalue weighted by Crippen LogP contribution is -2.45. The predicted molar refractivity (Wildman–Crippen MR) is 63.0 cm³/mol. The predicted octanol–water partition coefficient (Wildman–Crippen LogP) is -1.34. The molecule has 8 nitrogen and oxygen atoms in total. The quantitative estimate of drug-likeness (QED) is 0.525. The van der Waals surface area contributed by atoms with E-state index in [4.69, 9.17) is 5.11 Å². The first-order chi connectivity index (χ1) is 9.06. The first-order valence-electron chi connectivity index (χ1n) is 5.83. The minimum absolute atomic E-state index is 0.0994. The van der Waals surface area contributed by atoms with E-state index in [0.717, 1.165) is 0 Å². The first kappa shape index (κ1) is 13.1. The molecule has 1 aliphatic rings. The third-order valence-corrected chi connectivity index (χ3v) is 2.94. The zero-order valence-electron chi connectivity index (χ0n) is 10.0. The summed E-state index contributed by atoms with van der Waals surface area (Å²) in [4.78, 5) is 40.5. The van der Waals surface area contributed by atoms with Gasteiger partial charge >= 0.3 is 5.97 Å². The van der Waals surface area contributed by atoms with E-state index in [9.17, 15) is 14.4 Å². The number of nitrogens with one attached hydrogen (secondary N) is 3. The van der Waals surface area contributed by atoms with Crippen LogP contribution in [0.3, 0.4) is 0 Å². The van der Waals surface area contributed by atoms with Gasteiger partial charge in [-0.05, 0) is 0 Å². The Labute approximate surface area is 108 Å². The van der Waals surface area contributed by atoms with Crippen LogP contribution >= 0.6 is 0 Å². The molecule has 0 bridgehead atoms. The van der Waals surface area contributed by atoms with Gasteiger partial charge in [0.25, 0.3) is 0 Å². The topological polar surface area (TPSA) is 124 Å². The second kappa shape index (κ2) is 5.51. The Morgan fingerprint density at radius 1 is 1.58 bits per heavy atom. The molecule has 2 heterocycles. The molecule has 1 aromatic rings. The Balaban J connectivity index is 1.95. The summed E-state index contributed by atoms with van der Waals surface area (Å²) in [6.45, 7) is 0.251. The van der Waals surface area contributed by atoms with Gasteiger partial charge in [-0.2, -0.15) is 0 Å². The maximum absolute atomic E-state index is 11.8. The maximum atomic E-state index is 11.8. The van der Waals surface area contributed by atoms with Crippen molar-refractivity contribution in [2.45, 2.75) is 18.9 Å². The van der Waals surface area contributed by atoms with Crippen LogP contribution in [-0.4, -0.2) is 45.4 Å². The highest BCUT2D eigenvalue weighted by molar-refractivity contribution is 5.91. The standard InChI is InChI=1S/C11H14N4O4/c16-9-1-6(3-13-9)10(17)15-8(11(18)19)2-7-4-12-5-14-7/h4-6,8H,1-3H2,(H,12,14)(H,13,16)(H,15,17)(H,18,19)/t6?,8-/m1/s1. The monoisotopic (exact) mass is 266 g/mol. The summed E-state index contributed by atoms with van der Waals surface area (Å²) in [5, 5.41) is 14.1. The number of aromatic amines is 1. The van der Waals surface area contributed by atoms with E-state index < -0.39 is 23.8 Å². The maximum Gasteiger partial charge on any atom is 0.326 e. The molecule has 19 heavy (non-hydrogen) atoms. The first-order valence-corrected chi connectivity index (χ1v) is 5.83. The van der Waals surface area contributed by atoms with Crippen LogP contribution in [0.1, 0.15) is 12.1 Å². The Morgan fingerprint density at radius 2 is 2.37 bits per heavy atom. The fourth-order valence-electron chi connectivity index (χ4n) is 1.90. The van der Waals surface area contributed by atoms with Crippen molar-refractivity contribution in [3.63, 3.8) is 0 Å². The molecule has 0 aromatic carbocycles. The SMILES string of the molecule is O=C1CC(C(=O)N[C@H](Cc2cnc[nH]2)C(=O)O)CN1. The molecule has 0 radical (unpaired) electrons. The highest BCUT2D eigenvalue weighted by Crippen LogP contribution is 2.09. The number of hydrogen-bond acceptors (Lipinski definition) is 4. The largest absolute Gasteiger partial charge is 0.480 e. The van der Waals surface area contributed by atoms with Crippen LogP contribution < -0.4 is 10.6 Å². The van der Waals surface area contributed by atoms with Crippen molar-refractivity contribution >= 4 is 17.8 Å². The van der Waals surface area contributed by atoms with Gasteiger partial charge in [-0.15, -0.1) is 0 Å². The number of carboxylic acids is 1. The van der Waals surface area contributed by atoms with Crippen LogP contribution in [0.5, 0.6) is 0 Å². The van der Waals surface area contributed by atoms with Crippen molar-refractivity contribution in [2.24, 2.45) is 5.92 Å². The fourth-order valence-corrected chi connectivity index (χ4v) is 1.90. The molecule has 2 rings (SSSR count). The molecular weight excluding hydrogens is 252 g/mol. The van der Waals surface area contributed by atoms with Crippen molar-refractivity contribution in [3.05, 3.63) is 18.2 Å². The van der Waals surface area contributed by atoms with Crippen molar-refractivity contribution in [1.82, 2.24) is 20.6 Å². The van der Waals surface area contributed by atoms with Gasteiger partial charge in [0.1, 0.15) is 6.04 Å². The van der Waals surface area contributed by atoms with Gasteiger partial charge in [0.15, 0.2) is 0 Å². The average Bonchev–Trinajstić information content (AvgIpc) is 2.99.